The van der Waals surface area contributed by atoms with E-state index >= 15 is 0 Å². The first-order valence-corrected chi connectivity index (χ1v) is 10.6. The highest BCUT2D eigenvalue weighted by atomic mass is 35.5. The molecule has 0 spiro atoms. The third kappa shape index (κ3) is 2.77. The maximum atomic E-state index is 13.0. The zero-order valence-electron chi connectivity index (χ0n) is 15.4. The summed E-state index contributed by atoms with van der Waals surface area (Å²) in [5.41, 5.74) is 1.49. The van der Waals surface area contributed by atoms with Crippen LogP contribution >= 0.6 is 23.2 Å². The van der Waals surface area contributed by atoms with Crippen molar-refractivity contribution in [3.8, 4) is 16.9 Å². The van der Waals surface area contributed by atoms with Gasteiger partial charge in [0.15, 0.2) is 6.61 Å². The van der Waals surface area contributed by atoms with Gasteiger partial charge in [-0.05, 0) is 37.7 Å². The first kappa shape index (κ1) is 18.1. The van der Waals surface area contributed by atoms with E-state index in [0.29, 0.717) is 58.3 Å². The van der Waals surface area contributed by atoms with Crippen LogP contribution in [0, 0.1) is 5.92 Å². The summed E-state index contributed by atoms with van der Waals surface area (Å²) in [6.07, 6.45) is 5.43. The van der Waals surface area contributed by atoms with Gasteiger partial charge in [0.2, 0.25) is 0 Å². The number of carbonyl (C=O) groups is 1. The second-order valence-corrected chi connectivity index (χ2v) is 8.58. The molecule has 8 heteroatoms. The molecule has 5 rings (SSSR count). The lowest BCUT2D eigenvalue weighted by Gasteiger charge is -2.35. The number of nitrogens with zero attached hydrogens (tertiary/aromatic N) is 3. The summed E-state index contributed by atoms with van der Waals surface area (Å²) < 4.78 is 9.13. The summed E-state index contributed by atoms with van der Waals surface area (Å²) in [7, 11) is 0. The molecule has 1 aromatic heterocycles. The van der Waals surface area contributed by atoms with Crippen LogP contribution in [-0.4, -0.2) is 28.4 Å². The van der Waals surface area contributed by atoms with E-state index in [1.807, 2.05) is 4.68 Å². The Morgan fingerprint density at radius 1 is 1.04 bits per heavy atom. The van der Waals surface area contributed by atoms with Crippen molar-refractivity contribution in [2.75, 3.05) is 18.1 Å². The minimum atomic E-state index is -0.139. The number of aromatic nitrogens is 2. The van der Waals surface area contributed by atoms with Crippen molar-refractivity contribution in [1.29, 1.82) is 0 Å². The fraction of sp³-hybridized carbons (Fsp3) is 0.500. The van der Waals surface area contributed by atoms with Crippen molar-refractivity contribution in [2.24, 2.45) is 5.92 Å². The van der Waals surface area contributed by atoms with Crippen LogP contribution < -0.4 is 15.2 Å². The molecule has 0 bridgehead atoms. The number of hydrogen-bond donors (Lipinski definition) is 0. The summed E-state index contributed by atoms with van der Waals surface area (Å²) in [5, 5.41) is 0.805. The molecule has 1 amide bonds. The van der Waals surface area contributed by atoms with Crippen LogP contribution in [0.25, 0.3) is 11.1 Å². The normalized spacial score (nSPS) is 19.1. The number of fused-ring (bicyclic) bond motifs is 2. The lowest BCUT2D eigenvalue weighted by molar-refractivity contribution is -0.121. The average Bonchev–Trinajstić information content (AvgIpc) is 2.90. The van der Waals surface area contributed by atoms with Crippen molar-refractivity contribution < 1.29 is 9.53 Å². The van der Waals surface area contributed by atoms with Crippen LogP contribution in [0.4, 0.5) is 5.69 Å². The molecule has 3 heterocycles. The number of halogens is 2. The van der Waals surface area contributed by atoms with Crippen molar-refractivity contribution in [3.05, 3.63) is 32.7 Å². The third-order valence-electron chi connectivity index (χ3n) is 6.09. The highest BCUT2D eigenvalue weighted by Gasteiger charge is 2.32. The molecular weight excluding hydrogens is 401 g/mol. The first-order chi connectivity index (χ1) is 13.5. The molecule has 0 unspecified atom stereocenters. The Morgan fingerprint density at radius 2 is 1.79 bits per heavy atom. The Bertz CT molecular complexity index is 1020. The van der Waals surface area contributed by atoms with Gasteiger partial charge in [-0.2, -0.15) is 0 Å². The van der Waals surface area contributed by atoms with E-state index in [9.17, 15) is 9.59 Å². The quantitative estimate of drug-likeness (QED) is 0.753. The van der Waals surface area contributed by atoms with Crippen molar-refractivity contribution in [3.63, 3.8) is 0 Å². The van der Waals surface area contributed by atoms with E-state index in [2.05, 4.69) is 0 Å². The fourth-order valence-electron chi connectivity index (χ4n) is 4.30. The van der Waals surface area contributed by atoms with E-state index < -0.39 is 0 Å². The van der Waals surface area contributed by atoms with Gasteiger partial charge in [-0.15, -0.1) is 0 Å². The number of anilines is 1. The molecule has 0 N–H and O–H groups in total. The van der Waals surface area contributed by atoms with Gasteiger partial charge in [0.1, 0.15) is 10.9 Å². The Labute approximate surface area is 172 Å². The van der Waals surface area contributed by atoms with Gasteiger partial charge >= 0.3 is 0 Å². The minimum Gasteiger partial charge on any atom is -0.482 e. The Balaban J connectivity index is 1.63. The molecule has 1 aliphatic carbocycles. The van der Waals surface area contributed by atoms with Gasteiger partial charge in [-0.25, -0.2) is 4.68 Å². The number of amides is 1. The zero-order chi connectivity index (χ0) is 19.4. The molecule has 1 fully saturated rings. The smallest absolute Gasteiger partial charge is 0.276 e. The zero-order valence-corrected chi connectivity index (χ0v) is 16.9. The van der Waals surface area contributed by atoms with Crippen molar-refractivity contribution in [1.82, 2.24) is 9.36 Å². The molecule has 0 atom stereocenters. The first-order valence-electron chi connectivity index (χ1n) is 9.81. The Hall–Kier alpha value is -1.92. The predicted molar refractivity (Wildman–Crippen MR) is 109 cm³/mol. The van der Waals surface area contributed by atoms with Crippen LogP contribution in [0.1, 0.15) is 32.1 Å². The molecule has 2 aliphatic heterocycles. The minimum absolute atomic E-state index is 0.0132. The van der Waals surface area contributed by atoms with Gasteiger partial charge < -0.3 is 9.64 Å². The Morgan fingerprint density at radius 3 is 2.46 bits per heavy atom. The second-order valence-electron chi connectivity index (χ2n) is 7.81. The Kier molecular flexibility index (Phi) is 4.43. The molecule has 148 valence electrons. The topological polar surface area (TPSA) is 56.5 Å². The number of carbonyl (C=O) groups excluding carboxylic acids is 1. The molecule has 0 saturated heterocycles. The molecule has 1 aromatic carbocycles. The molecule has 2 aromatic rings. The fourth-order valence-corrected chi connectivity index (χ4v) is 4.91. The summed E-state index contributed by atoms with van der Waals surface area (Å²) in [6.45, 7) is 2.05. The van der Waals surface area contributed by atoms with Gasteiger partial charge in [-0.1, -0.05) is 29.6 Å². The molecular formula is C20H21Cl2N3O3. The molecule has 0 radical (unpaired) electrons. The summed E-state index contributed by atoms with van der Waals surface area (Å²) in [4.78, 5) is 27.3. The second kappa shape index (κ2) is 6.85. The predicted octanol–water partition coefficient (Wildman–Crippen LogP) is 3.94. The van der Waals surface area contributed by atoms with Crippen molar-refractivity contribution >= 4 is 34.8 Å². The molecule has 3 aliphatic rings. The molecule has 6 nitrogen and oxygen atoms in total. The van der Waals surface area contributed by atoms with E-state index in [4.69, 9.17) is 27.9 Å². The number of ether oxygens (including phenoxy) is 1. The van der Waals surface area contributed by atoms with Crippen LogP contribution in [0.5, 0.6) is 5.75 Å². The summed E-state index contributed by atoms with van der Waals surface area (Å²) in [6, 6.07) is 3.49. The lowest BCUT2D eigenvalue weighted by Crippen LogP contribution is -2.43. The third-order valence-corrected chi connectivity index (χ3v) is 6.79. The summed E-state index contributed by atoms with van der Waals surface area (Å²) >= 11 is 13.1. The van der Waals surface area contributed by atoms with Gasteiger partial charge in [0.25, 0.3) is 11.5 Å². The van der Waals surface area contributed by atoms with Gasteiger partial charge in [0, 0.05) is 31.3 Å². The highest BCUT2D eigenvalue weighted by Crippen LogP contribution is 2.43. The highest BCUT2D eigenvalue weighted by molar-refractivity contribution is 6.36. The van der Waals surface area contributed by atoms with E-state index in [-0.39, 0.29) is 18.1 Å². The standard InChI is InChI=1S/C20H21Cl2N3O3/c21-14-9-16-15(23(17(26)11-28-16)10-12-4-3-5-12)8-13(14)18-19(22)24-6-1-2-7-25(24)20(18)27/h8-9,12H,1-7,10-11H2. The van der Waals surface area contributed by atoms with E-state index in [1.54, 1.807) is 21.7 Å². The SMILES string of the molecule is O=C1COc2cc(Cl)c(-c3c(Cl)n4n(c3=O)CCCC4)cc2N1CC1CCC1. The van der Waals surface area contributed by atoms with Crippen molar-refractivity contribution in [2.45, 2.75) is 45.2 Å². The maximum Gasteiger partial charge on any atom is 0.276 e. The lowest BCUT2D eigenvalue weighted by atomic mass is 9.85. The monoisotopic (exact) mass is 421 g/mol. The van der Waals surface area contributed by atoms with Crippen LogP contribution in [0.15, 0.2) is 16.9 Å². The summed E-state index contributed by atoms with van der Waals surface area (Å²) in [5.74, 6) is 1.03. The van der Waals surface area contributed by atoms with Gasteiger partial charge in [-0.3, -0.25) is 14.3 Å². The van der Waals surface area contributed by atoms with Crippen LogP contribution in [0.3, 0.4) is 0 Å². The number of hydrogen-bond acceptors (Lipinski definition) is 3. The van der Waals surface area contributed by atoms with E-state index in [0.717, 1.165) is 25.7 Å². The van der Waals surface area contributed by atoms with Gasteiger partial charge in [0.05, 0.1) is 16.3 Å². The number of benzene rings is 1. The number of rotatable bonds is 3. The largest absolute Gasteiger partial charge is 0.482 e. The average molecular weight is 422 g/mol. The van der Waals surface area contributed by atoms with Crippen LogP contribution in [0.2, 0.25) is 10.2 Å². The van der Waals surface area contributed by atoms with Crippen LogP contribution in [-0.2, 0) is 17.9 Å². The van der Waals surface area contributed by atoms with E-state index in [1.165, 1.54) is 6.42 Å². The maximum absolute atomic E-state index is 13.0. The molecule has 1 saturated carbocycles. The molecule has 28 heavy (non-hydrogen) atoms.